The van der Waals surface area contributed by atoms with Gasteiger partial charge in [-0.3, -0.25) is 9.69 Å². The van der Waals surface area contributed by atoms with Gasteiger partial charge in [-0.2, -0.15) is 4.31 Å². The maximum absolute atomic E-state index is 13.9. The number of carbonyl (C=O) groups is 1. The lowest BCUT2D eigenvalue weighted by molar-refractivity contribution is 0.0983. The summed E-state index contributed by atoms with van der Waals surface area (Å²) in [6.07, 6.45) is 3.58. The van der Waals surface area contributed by atoms with Crippen LogP contribution in [0.4, 0.5) is 5.13 Å². The molecule has 4 rings (SSSR count). The van der Waals surface area contributed by atoms with Crippen molar-refractivity contribution in [3.8, 4) is 11.5 Å². The number of methoxy groups -OCH3 is 2. The number of thiazole rings is 1. The smallest absolute Gasteiger partial charge is 0.260 e. The van der Waals surface area contributed by atoms with E-state index < -0.39 is 10.0 Å². The Hall–Kier alpha value is -2.73. The van der Waals surface area contributed by atoms with Gasteiger partial charge in [0.15, 0.2) is 5.13 Å². The van der Waals surface area contributed by atoms with Crippen LogP contribution in [0.15, 0.2) is 41.3 Å². The van der Waals surface area contributed by atoms with Crippen LogP contribution in [0, 0.1) is 0 Å². The van der Waals surface area contributed by atoms with Crippen LogP contribution in [0.3, 0.4) is 0 Å². The zero-order valence-electron chi connectivity index (χ0n) is 24.1. The molecule has 0 radical (unpaired) electrons. The number of benzene rings is 2. The third-order valence-corrected chi connectivity index (χ3v) is 10.7. The Morgan fingerprint density at radius 3 is 2.30 bits per heavy atom. The average Bonchev–Trinajstić information content (AvgIpc) is 3.44. The van der Waals surface area contributed by atoms with Crippen molar-refractivity contribution in [3.63, 3.8) is 0 Å². The molecule has 1 fully saturated rings. The molecule has 1 aliphatic rings. The molecule has 1 amide bonds. The average molecular weight is 589 g/mol. The Kier molecular flexibility index (Phi) is 10.0. The van der Waals surface area contributed by atoms with Gasteiger partial charge in [-0.05, 0) is 68.8 Å². The second-order valence-corrected chi connectivity index (χ2v) is 12.7. The highest BCUT2D eigenvalue weighted by Crippen LogP contribution is 2.40. The molecule has 1 aromatic heterocycles. The Balaban J connectivity index is 1.68. The third kappa shape index (κ3) is 6.12. The van der Waals surface area contributed by atoms with Gasteiger partial charge in [0.05, 0.1) is 19.1 Å². The molecular formula is C29H40N4O5S2. The molecule has 1 atom stereocenters. The number of anilines is 1. The molecule has 1 aliphatic heterocycles. The number of ether oxygens (including phenoxy) is 2. The standard InChI is InChI=1S/C29H40N4O5S2/c1-6-22-11-9-10-18-33(22)40(35,36)23-14-12-21(13-15-23)28(34)32(20-19-31(7-2)8-3)29-30-26-24(37-4)16-17-25(38-5)27(26)39-29/h12-17,22H,6-11,18-20H2,1-5H3. The molecular weight excluding hydrogens is 548 g/mol. The maximum Gasteiger partial charge on any atom is 0.260 e. The van der Waals surface area contributed by atoms with Gasteiger partial charge in [-0.15, -0.1) is 0 Å². The Labute approximate surface area is 241 Å². The highest BCUT2D eigenvalue weighted by molar-refractivity contribution is 7.89. The van der Waals surface area contributed by atoms with Crippen molar-refractivity contribution in [2.45, 2.75) is 57.4 Å². The second kappa shape index (κ2) is 13.3. The van der Waals surface area contributed by atoms with Crippen LogP contribution in [0.5, 0.6) is 11.5 Å². The third-order valence-electron chi connectivity index (χ3n) is 7.66. The van der Waals surface area contributed by atoms with Gasteiger partial charge in [-0.25, -0.2) is 13.4 Å². The van der Waals surface area contributed by atoms with E-state index in [9.17, 15) is 13.2 Å². The van der Waals surface area contributed by atoms with Crippen LogP contribution < -0.4 is 14.4 Å². The van der Waals surface area contributed by atoms with Gasteiger partial charge < -0.3 is 14.4 Å². The van der Waals surface area contributed by atoms with Crippen LogP contribution in [0.2, 0.25) is 0 Å². The van der Waals surface area contributed by atoms with E-state index >= 15 is 0 Å². The monoisotopic (exact) mass is 588 g/mol. The summed E-state index contributed by atoms with van der Waals surface area (Å²) in [4.78, 5) is 22.9. The molecule has 0 spiro atoms. The lowest BCUT2D eigenvalue weighted by Gasteiger charge is -2.34. The number of hydrogen-bond acceptors (Lipinski definition) is 8. The minimum absolute atomic E-state index is 0.0173. The Morgan fingerprint density at radius 1 is 1.00 bits per heavy atom. The van der Waals surface area contributed by atoms with Crippen molar-refractivity contribution in [3.05, 3.63) is 42.0 Å². The van der Waals surface area contributed by atoms with Gasteiger partial charge in [0.2, 0.25) is 10.0 Å². The predicted molar refractivity (Wildman–Crippen MR) is 160 cm³/mol. The van der Waals surface area contributed by atoms with Crippen molar-refractivity contribution in [1.29, 1.82) is 0 Å². The molecule has 9 nitrogen and oxygen atoms in total. The lowest BCUT2D eigenvalue weighted by Crippen LogP contribution is -2.43. The van der Waals surface area contributed by atoms with Crippen molar-refractivity contribution in [2.75, 3.05) is 51.8 Å². The predicted octanol–water partition coefficient (Wildman–Crippen LogP) is 5.26. The summed E-state index contributed by atoms with van der Waals surface area (Å²) in [6, 6.07) is 9.97. The van der Waals surface area contributed by atoms with Crippen LogP contribution in [0.25, 0.3) is 10.2 Å². The molecule has 2 aromatic carbocycles. The first-order valence-corrected chi connectivity index (χ1v) is 16.2. The van der Waals surface area contributed by atoms with Crippen molar-refractivity contribution in [1.82, 2.24) is 14.2 Å². The first-order chi connectivity index (χ1) is 19.3. The number of sulfonamides is 1. The van der Waals surface area contributed by atoms with Crippen molar-refractivity contribution < 1.29 is 22.7 Å². The Morgan fingerprint density at radius 2 is 1.68 bits per heavy atom. The minimum Gasteiger partial charge on any atom is -0.495 e. The summed E-state index contributed by atoms with van der Waals surface area (Å²) in [5.41, 5.74) is 1.04. The van der Waals surface area contributed by atoms with E-state index in [4.69, 9.17) is 14.5 Å². The van der Waals surface area contributed by atoms with Gasteiger partial charge in [0.25, 0.3) is 5.91 Å². The summed E-state index contributed by atoms with van der Waals surface area (Å²) in [7, 11) is -0.443. The highest BCUT2D eigenvalue weighted by atomic mass is 32.2. The number of amides is 1. The van der Waals surface area contributed by atoms with Crippen LogP contribution in [-0.2, 0) is 10.0 Å². The fourth-order valence-corrected chi connectivity index (χ4v) is 8.08. The molecule has 40 heavy (non-hydrogen) atoms. The molecule has 0 saturated carbocycles. The molecule has 0 N–H and O–H groups in total. The number of fused-ring (bicyclic) bond motifs is 1. The van der Waals surface area contributed by atoms with E-state index in [1.54, 1.807) is 53.8 Å². The summed E-state index contributed by atoms with van der Waals surface area (Å²) >= 11 is 1.37. The fraction of sp³-hybridized carbons (Fsp3) is 0.517. The van der Waals surface area contributed by atoms with E-state index in [0.717, 1.165) is 43.5 Å². The first kappa shape index (κ1) is 30.2. The molecule has 0 aliphatic carbocycles. The summed E-state index contributed by atoms with van der Waals surface area (Å²) in [5.74, 6) is 1.03. The van der Waals surface area contributed by atoms with Gasteiger partial charge in [-0.1, -0.05) is 38.5 Å². The Bertz CT molecular complexity index is 1360. The fourth-order valence-electron chi connectivity index (χ4n) is 5.21. The van der Waals surface area contributed by atoms with E-state index in [-0.39, 0.29) is 16.8 Å². The highest BCUT2D eigenvalue weighted by Gasteiger charge is 2.33. The van der Waals surface area contributed by atoms with E-state index in [2.05, 4.69) is 18.7 Å². The summed E-state index contributed by atoms with van der Waals surface area (Å²) in [5, 5.41) is 0.533. The quantitative estimate of drug-likeness (QED) is 0.285. The largest absolute Gasteiger partial charge is 0.495 e. The molecule has 3 aromatic rings. The van der Waals surface area contributed by atoms with Crippen LogP contribution >= 0.6 is 11.3 Å². The zero-order valence-corrected chi connectivity index (χ0v) is 25.7. The van der Waals surface area contributed by atoms with Crippen LogP contribution in [0.1, 0.15) is 56.8 Å². The molecule has 0 bridgehead atoms. The topological polar surface area (TPSA) is 92.3 Å². The molecule has 11 heteroatoms. The van der Waals surface area contributed by atoms with Gasteiger partial charge in [0, 0.05) is 31.2 Å². The van der Waals surface area contributed by atoms with E-state index in [1.807, 2.05) is 13.0 Å². The number of aromatic nitrogens is 1. The molecule has 1 saturated heterocycles. The van der Waals surface area contributed by atoms with E-state index in [1.165, 1.54) is 11.3 Å². The lowest BCUT2D eigenvalue weighted by atomic mass is 10.0. The zero-order chi connectivity index (χ0) is 28.9. The first-order valence-electron chi connectivity index (χ1n) is 14.0. The van der Waals surface area contributed by atoms with Gasteiger partial charge in [0.1, 0.15) is 21.7 Å². The normalized spacial score (nSPS) is 16.4. The molecule has 218 valence electrons. The number of rotatable bonds is 12. The maximum atomic E-state index is 13.9. The molecule has 1 unspecified atom stereocenters. The molecule has 2 heterocycles. The number of piperidine rings is 1. The minimum atomic E-state index is -3.64. The SMILES string of the molecule is CCC1CCCCN1S(=O)(=O)c1ccc(C(=O)N(CCN(CC)CC)c2nc3c(OC)ccc(OC)c3s2)cc1. The van der Waals surface area contributed by atoms with E-state index in [0.29, 0.717) is 47.3 Å². The number of hydrogen-bond donors (Lipinski definition) is 0. The van der Waals surface area contributed by atoms with Crippen LogP contribution in [-0.4, -0.2) is 81.5 Å². The number of likely N-dealkylation sites (N-methyl/N-ethyl adjacent to an activating group) is 1. The van der Waals surface area contributed by atoms with Gasteiger partial charge >= 0.3 is 0 Å². The second-order valence-electron chi connectivity index (χ2n) is 9.83. The van der Waals surface area contributed by atoms with Crippen molar-refractivity contribution >= 4 is 42.6 Å². The summed E-state index contributed by atoms with van der Waals surface area (Å²) < 4.78 is 40.4. The number of nitrogens with zero attached hydrogens (tertiary/aromatic N) is 4. The number of carbonyl (C=O) groups excluding carboxylic acids is 1. The van der Waals surface area contributed by atoms with Crippen molar-refractivity contribution in [2.24, 2.45) is 0 Å². The summed E-state index contributed by atoms with van der Waals surface area (Å²) in [6.45, 7) is 9.57.